The Morgan fingerprint density at radius 1 is 1.00 bits per heavy atom. The summed E-state index contributed by atoms with van der Waals surface area (Å²) >= 11 is 0. The van der Waals surface area contributed by atoms with Gasteiger partial charge in [-0.3, -0.25) is 9.69 Å². The van der Waals surface area contributed by atoms with Crippen LogP contribution in [0.4, 0.5) is 0 Å². The lowest BCUT2D eigenvalue weighted by atomic mass is 10.1. The Hall–Kier alpha value is -2.20. The summed E-state index contributed by atoms with van der Waals surface area (Å²) < 4.78 is 37.8. The van der Waals surface area contributed by atoms with Gasteiger partial charge >= 0.3 is 0 Å². The van der Waals surface area contributed by atoms with Crippen LogP contribution in [0, 0.1) is 0 Å². The second-order valence-electron chi connectivity index (χ2n) is 7.88. The summed E-state index contributed by atoms with van der Waals surface area (Å²) in [5, 5.41) is 2.99. The molecule has 3 heterocycles. The molecule has 0 aliphatic carbocycles. The van der Waals surface area contributed by atoms with E-state index in [4.69, 9.17) is 9.15 Å². The molecular weight excluding hydrogens is 418 g/mol. The molecule has 2 aliphatic rings. The Kier molecular flexibility index (Phi) is 7.06. The van der Waals surface area contributed by atoms with Crippen LogP contribution in [0.15, 0.2) is 52.0 Å². The molecule has 0 radical (unpaired) electrons. The fourth-order valence-corrected chi connectivity index (χ4v) is 5.53. The number of likely N-dealkylation sites (tertiary alicyclic amines) is 1. The number of amides is 1. The van der Waals surface area contributed by atoms with Crippen LogP contribution >= 0.6 is 0 Å². The van der Waals surface area contributed by atoms with Crippen molar-refractivity contribution < 1.29 is 22.4 Å². The van der Waals surface area contributed by atoms with E-state index in [-0.39, 0.29) is 16.8 Å². The highest BCUT2D eigenvalue weighted by Crippen LogP contribution is 2.25. The molecule has 1 N–H and O–H groups in total. The summed E-state index contributed by atoms with van der Waals surface area (Å²) in [6.07, 6.45) is 5.17. The van der Waals surface area contributed by atoms with Gasteiger partial charge in [0.1, 0.15) is 5.76 Å². The van der Waals surface area contributed by atoms with Crippen LogP contribution in [-0.2, 0) is 14.8 Å². The molecule has 168 valence electrons. The van der Waals surface area contributed by atoms with E-state index in [2.05, 4.69) is 10.2 Å². The minimum absolute atomic E-state index is 0.0137. The summed E-state index contributed by atoms with van der Waals surface area (Å²) in [6.45, 7) is 3.87. The number of piperidine rings is 1. The number of rotatable bonds is 7. The Morgan fingerprint density at radius 2 is 1.71 bits per heavy atom. The minimum Gasteiger partial charge on any atom is -0.468 e. The normalized spacial score (nSPS) is 19.7. The molecule has 31 heavy (non-hydrogen) atoms. The van der Waals surface area contributed by atoms with Gasteiger partial charge < -0.3 is 14.5 Å². The van der Waals surface area contributed by atoms with Gasteiger partial charge in [-0.25, -0.2) is 8.42 Å². The van der Waals surface area contributed by atoms with Gasteiger partial charge in [0.15, 0.2) is 0 Å². The predicted octanol–water partition coefficient (Wildman–Crippen LogP) is 2.26. The highest BCUT2D eigenvalue weighted by Gasteiger charge is 2.27. The van der Waals surface area contributed by atoms with E-state index in [1.165, 1.54) is 22.9 Å². The zero-order chi connectivity index (χ0) is 21.7. The smallest absolute Gasteiger partial charge is 0.251 e. The van der Waals surface area contributed by atoms with Crippen LogP contribution < -0.4 is 5.32 Å². The van der Waals surface area contributed by atoms with Gasteiger partial charge in [-0.1, -0.05) is 6.42 Å². The lowest BCUT2D eigenvalue weighted by Gasteiger charge is -2.33. The fourth-order valence-electron chi connectivity index (χ4n) is 4.13. The minimum atomic E-state index is -3.57. The molecule has 2 aliphatic heterocycles. The zero-order valence-corrected chi connectivity index (χ0v) is 18.4. The Labute approximate surface area is 183 Å². The summed E-state index contributed by atoms with van der Waals surface area (Å²) in [7, 11) is -3.57. The highest BCUT2D eigenvalue weighted by atomic mass is 32.2. The molecule has 8 nitrogen and oxygen atoms in total. The molecular formula is C22H29N3O5S. The van der Waals surface area contributed by atoms with Crippen LogP contribution in [0.3, 0.4) is 0 Å². The molecule has 2 fully saturated rings. The van der Waals surface area contributed by atoms with E-state index in [9.17, 15) is 13.2 Å². The van der Waals surface area contributed by atoms with E-state index in [0.29, 0.717) is 38.4 Å². The first kappa shape index (κ1) is 22.0. The van der Waals surface area contributed by atoms with Crippen molar-refractivity contribution in [2.75, 3.05) is 45.9 Å². The number of ether oxygens (including phenoxy) is 1. The summed E-state index contributed by atoms with van der Waals surface area (Å²) in [5.74, 6) is 0.609. The highest BCUT2D eigenvalue weighted by molar-refractivity contribution is 7.89. The number of sulfonamides is 1. The fraction of sp³-hybridized carbons (Fsp3) is 0.500. The van der Waals surface area contributed by atoms with Gasteiger partial charge in [-0.2, -0.15) is 4.31 Å². The lowest BCUT2D eigenvalue weighted by molar-refractivity contribution is 0.0730. The van der Waals surface area contributed by atoms with E-state index >= 15 is 0 Å². The zero-order valence-electron chi connectivity index (χ0n) is 17.5. The largest absolute Gasteiger partial charge is 0.468 e. The number of hydrogen-bond donors (Lipinski definition) is 1. The van der Waals surface area contributed by atoms with E-state index in [0.717, 1.165) is 31.7 Å². The molecule has 1 aromatic carbocycles. The van der Waals surface area contributed by atoms with Crippen LogP contribution in [0.5, 0.6) is 0 Å². The lowest BCUT2D eigenvalue weighted by Crippen LogP contribution is -2.41. The van der Waals surface area contributed by atoms with Crippen LogP contribution in [-0.4, -0.2) is 69.5 Å². The number of hydrogen-bond acceptors (Lipinski definition) is 6. The van der Waals surface area contributed by atoms with Crippen molar-refractivity contribution in [3.8, 4) is 0 Å². The summed E-state index contributed by atoms with van der Waals surface area (Å²) in [5.41, 5.74) is 0.428. The predicted molar refractivity (Wildman–Crippen MR) is 115 cm³/mol. The van der Waals surface area contributed by atoms with Crippen molar-refractivity contribution in [1.29, 1.82) is 0 Å². The first-order valence-electron chi connectivity index (χ1n) is 10.8. The summed E-state index contributed by atoms with van der Waals surface area (Å²) in [6, 6.07) is 9.90. The second kappa shape index (κ2) is 9.95. The maximum atomic E-state index is 12.7. The van der Waals surface area contributed by atoms with Crippen LogP contribution in [0.1, 0.15) is 41.4 Å². The van der Waals surface area contributed by atoms with Crippen molar-refractivity contribution in [2.45, 2.75) is 30.2 Å². The molecule has 4 rings (SSSR count). The Bertz CT molecular complexity index is 948. The maximum Gasteiger partial charge on any atom is 0.251 e. The number of nitrogens with zero attached hydrogens (tertiary/aromatic N) is 2. The maximum absolute atomic E-state index is 12.7. The third-order valence-electron chi connectivity index (χ3n) is 5.88. The van der Waals surface area contributed by atoms with Crippen molar-refractivity contribution in [1.82, 2.24) is 14.5 Å². The number of benzene rings is 1. The summed E-state index contributed by atoms with van der Waals surface area (Å²) in [4.78, 5) is 15.3. The Morgan fingerprint density at radius 3 is 2.35 bits per heavy atom. The second-order valence-corrected chi connectivity index (χ2v) is 9.82. The third kappa shape index (κ3) is 5.17. The van der Waals surface area contributed by atoms with Gasteiger partial charge in [0.25, 0.3) is 5.91 Å². The third-order valence-corrected chi connectivity index (χ3v) is 7.80. The number of morpholine rings is 1. The molecule has 2 saturated heterocycles. The van der Waals surface area contributed by atoms with Gasteiger partial charge in [0, 0.05) is 25.2 Å². The molecule has 1 aromatic heterocycles. The SMILES string of the molecule is O=C(NCC(c1ccco1)N1CCCCC1)c1ccc(S(=O)(=O)N2CCOCC2)cc1. The Balaban J connectivity index is 1.41. The monoisotopic (exact) mass is 447 g/mol. The van der Waals surface area contributed by atoms with E-state index in [1.807, 2.05) is 12.1 Å². The van der Waals surface area contributed by atoms with E-state index < -0.39 is 10.0 Å². The van der Waals surface area contributed by atoms with Gasteiger partial charge in [-0.05, 0) is 62.3 Å². The number of furan rings is 1. The van der Waals surface area contributed by atoms with Gasteiger partial charge in [0.2, 0.25) is 10.0 Å². The van der Waals surface area contributed by atoms with Crippen molar-refractivity contribution in [3.63, 3.8) is 0 Å². The molecule has 1 atom stereocenters. The van der Waals surface area contributed by atoms with Crippen molar-refractivity contribution in [3.05, 3.63) is 54.0 Å². The first-order chi connectivity index (χ1) is 15.1. The molecule has 9 heteroatoms. The molecule has 0 bridgehead atoms. The van der Waals surface area contributed by atoms with Gasteiger partial charge in [0.05, 0.1) is 30.4 Å². The molecule has 0 saturated carbocycles. The molecule has 1 unspecified atom stereocenters. The number of carbonyl (C=O) groups excluding carboxylic acids is 1. The van der Waals surface area contributed by atoms with Crippen molar-refractivity contribution in [2.24, 2.45) is 0 Å². The molecule has 2 aromatic rings. The van der Waals surface area contributed by atoms with Crippen LogP contribution in [0.2, 0.25) is 0 Å². The molecule has 1 amide bonds. The number of carbonyl (C=O) groups is 1. The average molecular weight is 448 g/mol. The van der Waals surface area contributed by atoms with Gasteiger partial charge in [-0.15, -0.1) is 0 Å². The molecule has 0 spiro atoms. The standard InChI is InChI=1S/C22H29N3O5S/c26-22(23-17-20(21-5-4-14-30-21)24-10-2-1-3-11-24)18-6-8-19(9-7-18)31(27,28)25-12-15-29-16-13-25/h4-9,14,20H,1-3,10-13,15-17H2,(H,23,26). The quantitative estimate of drug-likeness (QED) is 0.700. The topological polar surface area (TPSA) is 92.1 Å². The van der Waals surface area contributed by atoms with Crippen molar-refractivity contribution >= 4 is 15.9 Å². The number of nitrogens with one attached hydrogen (secondary N) is 1. The van der Waals surface area contributed by atoms with E-state index in [1.54, 1.807) is 18.4 Å². The van der Waals surface area contributed by atoms with Crippen LogP contribution in [0.25, 0.3) is 0 Å². The first-order valence-corrected chi connectivity index (χ1v) is 12.2. The average Bonchev–Trinajstić information content (AvgIpc) is 3.35.